The molecule has 0 radical (unpaired) electrons. The molecule has 4 nitrogen and oxygen atoms in total. The molecule has 1 atom stereocenters. The first kappa shape index (κ1) is 14.3. The Labute approximate surface area is 113 Å². The SMILES string of the molecule is NC(Cc1ccc(OC(F)(F)F)cc1)c1ccncn1. The molecule has 0 aliphatic rings. The highest BCUT2D eigenvalue weighted by Gasteiger charge is 2.30. The highest BCUT2D eigenvalue weighted by Crippen LogP contribution is 2.23. The van der Waals surface area contributed by atoms with E-state index in [-0.39, 0.29) is 11.8 Å². The van der Waals surface area contributed by atoms with Crippen LogP contribution in [0.25, 0.3) is 0 Å². The quantitative estimate of drug-likeness (QED) is 0.937. The van der Waals surface area contributed by atoms with Gasteiger partial charge in [0, 0.05) is 6.20 Å². The smallest absolute Gasteiger partial charge is 0.406 e. The first-order valence-corrected chi connectivity index (χ1v) is 5.80. The lowest BCUT2D eigenvalue weighted by molar-refractivity contribution is -0.274. The molecule has 1 aromatic carbocycles. The number of alkyl halides is 3. The van der Waals surface area contributed by atoms with E-state index in [1.807, 2.05) is 0 Å². The molecule has 0 spiro atoms. The Hall–Kier alpha value is -2.15. The summed E-state index contributed by atoms with van der Waals surface area (Å²) in [5.74, 6) is -0.253. The van der Waals surface area contributed by atoms with Crippen molar-refractivity contribution in [2.75, 3.05) is 0 Å². The lowest BCUT2D eigenvalue weighted by atomic mass is 10.0. The maximum atomic E-state index is 12.0. The Morgan fingerprint density at radius 2 is 1.85 bits per heavy atom. The van der Waals surface area contributed by atoms with Crippen LogP contribution < -0.4 is 10.5 Å². The lowest BCUT2D eigenvalue weighted by Crippen LogP contribution is -2.17. The van der Waals surface area contributed by atoms with Crippen LogP contribution in [0.3, 0.4) is 0 Å². The Balaban J connectivity index is 2.00. The standard InChI is InChI=1S/C13H12F3N3O/c14-13(15,16)20-10-3-1-9(2-4-10)7-11(17)12-5-6-18-8-19-12/h1-6,8,11H,7,17H2. The van der Waals surface area contributed by atoms with E-state index in [0.717, 1.165) is 5.56 Å². The van der Waals surface area contributed by atoms with Crippen LogP contribution in [-0.2, 0) is 6.42 Å². The van der Waals surface area contributed by atoms with Gasteiger partial charge >= 0.3 is 6.36 Å². The number of nitrogens with zero attached hydrogens (tertiary/aromatic N) is 2. The Morgan fingerprint density at radius 1 is 1.15 bits per heavy atom. The van der Waals surface area contributed by atoms with E-state index in [1.54, 1.807) is 24.4 Å². The molecule has 0 fully saturated rings. The van der Waals surface area contributed by atoms with E-state index in [0.29, 0.717) is 12.1 Å². The first-order valence-electron chi connectivity index (χ1n) is 5.80. The molecule has 0 aliphatic carbocycles. The molecule has 1 heterocycles. The summed E-state index contributed by atoms with van der Waals surface area (Å²) in [5, 5.41) is 0. The third-order valence-electron chi connectivity index (χ3n) is 2.60. The van der Waals surface area contributed by atoms with Crippen molar-refractivity contribution in [3.8, 4) is 5.75 Å². The molecule has 7 heteroatoms. The zero-order valence-electron chi connectivity index (χ0n) is 10.3. The van der Waals surface area contributed by atoms with Gasteiger partial charge in [-0.25, -0.2) is 9.97 Å². The maximum Gasteiger partial charge on any atom is 0.573 e. The number of benzene rings is 1. The second kappa shape index (κ2) is 5.87. The minimum atomic E-state index is -4.68. The summed E-state index contributed by atoms with van der Waals surface area (Å²) in [6.07, 6.45) is -1.24. The number of hydrogen-bond donors (Lipinski definition) is 1. The van der Waals surface area contributed by atoms with Crippen LogP contribution in [0.2, 0.25) is 0 Å². The number of ether oxygens (including phenoxy) is 1. The molecule has 1 aromatic heterocycles. The highest BCUT2D eigenvalue weighted by atomic mass is 19.4. The van der Waals surface area contributed by atoms with Gasteiger partial charge in [-0.2, -0.15) is 0 Å². The molecule has 0 bridgehead atoms. The van der Waals surface area contributed by atoms with Gasteiger partial charge in [0.1, 0.15) is 12.1 Å². The van der Waals surface area contributed by atoms with Crippen molar-refractivity contribution in [2.24, 2.45) is 5.73 Å². The summed E-state index contributed by atoms with van der Waals surface area (Å²) >= 11 is 0. The number of nitrogens with two attached hydrogens (primary N) is 1. The molecule has 2 aromatic rings. The second-order valence-electron chi connectivity index (χ2n) is 4.14. The van der Waals surface area contributed by atoms with Crippen LogP contribution in [0.5, 0.6) is 5.75 Å². The monoisotopic (exact) mass is 283 g/mol. The second-order valence-corrected chi connectivity index (χ2v) is 4.14. The van der Waals surface area contributed by atoms with Crippen molar-refractivity contribution in [3.05, 3.63) is 54.1 Å². The van der Waals surface area contributed by atoms with E-state index in [1.165, 1.54) is 18.5 Å². The average molecular weight is 283 g/mol. The van der Waals surface area contributed by atoms with Gasteiger partial charge in [-0.1, -0.05) is 12.1 Å². The molecule has 106 valence electrons. The van der Waals surface area contributed by atoms with Gasteiger partial charge in [0.05, 0.1) is 11.7 Å². The number of rotatable bonds is 4. The minimum absolute atomic E-state index is 0.253. The van der Waals surface area contributed by atoms with E-state index in [2.05, 4.69) is 14.7 Å². The summed E-state index contributed by atoms with van der Waals surface area (Å²) in [6.45, 7) is 0. The van der Waals surface area contributed by atoms with Crippen LogP contribution in [0, 0.1) is 0 Å². The highest BCUT2D eigenvalue weighted by molar-refractivity contribution is 5.28. The zero-order chi connectivity index (χ0) is 14.6. The lowest BCUT2D eigenvalue weighted by Gasteiger charge is -2.12. The van der Waals surface area contributed by atoms with E-state index in [9.17, 15) is 13.2 Å². The van der Waals surface area contributed by atoms with Crippen LogP contribution in [0.1, 0.15) is 17.3 Å². The van der Waals surface area contributed by atoms with Crippen molar-refractivity contribution in [2.45, 2.75) is 18.8 Å². The molecular weight excluding hydrogens is 271 g/mol. The third kappa shape index (κ3) is 4.20. The summed E-state index contributed by atoms with van der Waals surface area (Å²) in [6, 6.07) is 6.97. The molecule has 1 unspecified atom stereocenters. The topological polar surface area (TPSA) is 61.0 Å². The van der Waals surface area contributed by atoms with Gasteiger partial charge in [0.25, 0.3) is 0 Å². The fourth-order valence-electron chi connectivity index (χ4n) is 1.71. The molecule has 2 rings (SSSR count). The van der Waals surface area contributed by atoms with Crippen LogP contribution in [0.4, 0.5) is 13.2 Å². The molecule has 2 N–H and O–H groups in total. The largest absolute Gasteiger partial charge is 0.573 e. The Kier molecular flexibility index (Phi) is 4.19. The fraction of sp³-hybridized carbons (Fsp3) is 0.231. The van der Waals surface area contributed by atoms with Crippen molar-refractivity contribution in [1.82, 2.24) is 9.97 Å². The third-order valence-corrected chi connectivity index (χ3v) is 2.60. The molecule has 0 amide bonds. The van der Waals surface area contributed by atoms with Gasteiger partial charge in [0.2, 0.25) is 0 Å². The van der Waals surface area contributed by atoms with Crippen molar-refractivity contribution < 1.29 is 17.9 Å². The fourth-order valence-corrected chi connectivity index (χ4v) is 1.71. The van der Waals surface area contributed by atoms with E-state index in [4.69, 9.17) is 5.73 Å². The summed E-state index contributed by atoms with van der Waals surface area (Å²) in [4.78, 5) is 7.82. The molecule has 20 heavy (non-hydrogen) atoms. The van der Waals surface area contributed by atoms with Gasteiger partial charge in [0.15, 0.2) is 0 Å². The van der Waals surface area contributed by atoms with Crippen LogP contribution in [-0.4, -0.2) is 16.3 Å². The predicted molar refractivity (Wildman–Crippen MR) is 65.8 cm³/mol. The molecule has 0 saturated heterocycles. The van der Waals surface area contributed by atoms with Gasteiger partial charge in [-0.15, -0.1) is 13.2 Å². The Morgan fingerprint density at radius 3 is 2.40 bits per heavy atom. The van der Waals surface area contributed by atoms with E-state index < -0.39 is 6.36 Å². The summed E-state index contributed by atoms with van der Waals surface area (Å²) in [5.41, 5.74) is 7.44. The van der Waals surface area contributed by atoms with Crippen molar-refractivity contribution in [3.63, 3.8) is 0 Å². The average Bonchev–Trinajstić information content (AvgIpc) is 2.40. The normalized spacial score (nSPS) is 13.0. The van der Waals surface area contributed by atoms with Crippen molar-refractivity contribution >= 4 is 0 Å². The minimum Gasteiger partial charge on any atom is -0.406 e. The number of halogens is 3. The predicted octanol–water partition coefficient (Wildman–Crippen LogP) is 2.62. The molecular formula is C13H12F3N3O. The molecule has 0 aliphatic heterocycles. The van der Waals surface area contributed by atoms with Crippen molar-refractivity contribution in [1.29, 1.82) is 0 Å². The zero-order valence-corrected chi connectivity index (χ0v) is 10.3. The van der Waals surface area contributed by atoms with Gasteiger partial charge in [-0.05, 0) is 30.2 Å². The molecule has 0 saturated carbocycles. The summed E-state index contributed by atoms with van der Waals surface area (Å²) in [7, 11) is 0. The summed E-state index contributed by atoms with van der Waals surface area (Å²) < 4.78 is 39.8. The first-order chi connectivity index (χ1) is 9.44. The maximum absolute atomic E-state index is 12.0. The van der Waals surface area contributed by atoms with Gasteiger partial charge in [-0.3, -0.25) is 0 Å². The van der Waals surface area contributed by atoms with E-state index >= 15 is 0 Å². The van der Waals surface area contributed by atoms with Crippen LogP contribution in [0.15, 0.2) is 42.9 Å². The number of aromatic nitrogens is 2. The van der Waals surface area contributed by atoms with Crippen LogP contribution >= 0.6 is 0 Å². The number of hydrogen-bond acceptors (Lipinski definition) is 4. The van der Waals surface area contributed by atoms with Gasteiger partial charge < -0.3 is 10.5 Å². The Bertz CT molecular complexity index is 543.